The van der Waals surface area contributed by atoms with Crippen molar-refractivity contribution in [1.29, 1.82) is 0 Å². The maximum atomic E-state index is 11.1. The number of fused-ring (bicyclic) bond motifs is 1. The van der Waals surface area contributed by atoms with Crippen molar-refractivity contribution in [2.75, 3.05) is 5.32 Å². The van der Waals surface area contributed by atoms with Gasteiger partial charge in [-0.3, -0.25) is 4.79 Å². The van der Waals surface area contributed by atoms with Crippen LogP contribution in [-0.4, -0.2) is 17.0 Å². The minimum atomic E-state index is -1.01. The SMILES string of the molecule is O=C1Cc2c(cc(Br)cc2C(=O)O)N1. The summed E-state index contributed by atoms with van der Waals surface area (Å²) in [5.41, 5.74) is 1.32. The number of amides is 1. The van der Waals surface area contributed by atoms with E-state index in [0.29, 0.717) is 15.7 Å². The molecule has 0 fully saturated rings. The predicted octanol–water partition coefficient (Wildman–Crippen LogP) is 1.64. The third-order valence-corrected chi connectivity index (χ3v) is 2.51. The largest absolute Gasteiger partial charge is 0.478 e. The molecule has 0 aliphatic carbocycles. The van der Waals surface area contributed by atoms with Crippen LogP contribution in [0.25, 0.3) is 0 Å². The lowest BCUT2D eigenvalue weighted by molar-refractivity contribution is -0.115. The molecule has 14 heavy (non-hydrogen) atoms. The van der Waals surface area contributed by atoms with E-state index in [0.717, 1.165) is 0 Å². The van der Waals surface area contributed by atoms with Crippen LogP contribution in [0.3, 0.4) is 0 Å². The van der Waals surface area contributed by atoms with Crippen molar-refractivity contribution < 1.29 is 14.7 Å². The van der Waals surface area contributed by atoms with Gasteiger partial charge in [-0.25, -0.2) is 4.79 Å². The zero-order valence-corrected chi connectivity index (χ0v) is 8.59. The third-order valence-electron chi connectivity index (χ3n) is 2.06. The number of carbonyl (C=O) groups is 2. The van der Waals surface area contributed by atoms with E-state index in [1.165, 1.54) is 6.07 Å². The lowest BCUT2D eigenvalue weighted by Crippen LogP contribution is -2.04. The van der Waals surface area contributed by atoms with Gasteiger partial charge in [0.15, 0.2) is 0 Å². The Kier molecular flexibility index (Phi) is 2.03. The Labute approximate surface area is 88.1 Å². The van der Waals surface area contributed by atoms with Crippen LogP contribution < -0.4 is 5.32 Å². The second-order valence-electron chi connectivity index (χ2n) is 3.01. The Balaban J connectivity index is 2.63. The van der Waals surface area contributed by atoms with E-state index < -0.39 is 5.97 Å². The molecule has 1 aromatic rings. The molecule has 2 rings (SSSR count). The van der Waals surface area contributed by atoms with Crippen LogP contribution in [0.15, 0.2) is 16.6 Å². The molecule has 0 saturated carbocycles. The molecule has 0 saturated heterocycles. The Morgan fingerprint density at radius 2 is 2.21 bits per heavy atom. The molecule has 0 aromatic heterocycles. The van der Waals surface area contributed by atoms with Gasteiger partial charge >= 0.3 is 5.97 Å². The summed E-state index contributed by atoms with van der Waals surface area (Å²) < 4.78 is 0.649. The van der Waals surface area contributed by atoms with E-state index in [9.17, 15) is 9.59 Å². The molecule has 1 amide bonds. The minimum Gasteiger partial charge on any atom is -0.478 e. The number of carboxylic acids is 1. The summed E-state index contributed by atoms with van der Waals surface area (Å²) in [5, 5.41) is 11.5. The number of nitrogens with one attached hydrogen (secondary N) is 1. The van der Waals surface area contributed by atoms with Crippen molar-refractivity contribution >= 4 is 33.5 Å². The molecular formula is C9H6BrNO3. The first-order valence-corrected chi connectivity index (χ1v) is 4.73. The number of hydrogen-bond acceptors (Lipinski definition) is 2. The molecule has 72 valence electrons. The van der Waals surface area contributed by atoms with E-state index in [2.05, 4.69) is 21.2 Å². The molecule has 0 radical (unpaired) electrons. The number of benzene rings is 1. The lowest BCUT2D eigenvalue weighted by atomic mass is 10.1. The Morgan fingerprint density at radius 1 is 1.50 bits per heavy atom. The van der Waals surface area contributed by atoms with E-state index in [-0.39, 0.29) is 17.9 Å². The highest BCUT2D eigenvalue weighted by molar-refractivity contribution is 9.10. The summed E-state index contributed by atoms with van der Waals surface area (Å²) in [6, 6.07) is 3.20. The number of halogens is 1. The molecule has 1 aliphatic rings. The Bertz CT molecular complexity index is 442. The summed E-state index contributed by atoms with van der Waals surface area (Å²) in [7, 11) is 0. The second-order valence-corrected chi connectivity index (χ2v) is 3.93. The summed E-state index contributed by atoms with van der Waals surface area (Å²) >= 11 is 3.19. The fourth-order valence-corrected chi connectivity index (χ4v) is 1.94. The second kappa shape index (κ2) is 3.09. The van der Waals surface area contributed by atoms with E-state index >= 15 is 0 Å². The minimum absolute atomic E-state index is 0.143. The molecule has 0 unspecified atom stereocenters. The van der Waals surface area contributed by atoms with Crippen molar-refractivity contribution in [3.63, 3.8) is 0 Å². The Morgan fingerprint density at radius 3 is 2.86 bits per heavy atom. The van der Waals surface area contributed by atoms with Crippen LogP contribution in [0.5, 0.6) is 0 Å². The van der Waals surface area contributed by atoms with Crippen molar-refractivity contribution in [3.8, 4) is 0 Å². The number of carboxylic acid groups (broad SMARTS) is 1. The van der Waals surface area contributed by atoms with Crippen molar-refractivity contribution in [2.24, 2.45) is 0 Å². The zero-order valence-electron chi connectivity index (χ0n) is 7.00. The first-order valence-electron chi connectivity index (χ1n) is 3.93. The summed E-state index contributed by atoms with van der Waals surface area (Å²) in [4.78, 5) is 21.9. The monoisotopic (exact) mass is 255 g/mol. The smallest absolute Gasteiger partial charge is 0.336 e. The van der Waals surface area contributed by atoms with E-state index in [1.54, 1.807) is 6.07 Å². The molecule has 4 nitrogen and oxygen atoms in total. The van der Waals surface area contributed by atoms with Crippen LogP contribution >= 0.6 is 15.9 Å². The van der Waals surface area contributed by atoms with Crippen LogP contribution in [-0.2, 0) is 11.2 Å². The van der Waals surface area contributed by atoms with Crippen LogP contribution in [0.2, 0.25) is 0 Å². The molecule has 1 aromatic carbocycles. The first-order chi connectivity index (χ1) is 6.58. The normalized spacial score (nSPS) is 13.6. The zero-order chi connectivity index (χ0) is 10.3. The number of rotatable bonds is 1. The van der Waals surface area contributed by atoms with Crippen LogP contribution in [0, 0.1) is 0 Å². The van der Waals surface area contributed by atoms with Gasteiger partial charge in [0.2, 0.25) is 5.91 Å². The molecule has 2 N–H and O–H groups in total. The van der Waals surface area contributed by atoms with Gasteiger partial charge in [0, 0.05) is 10.2 Å². The third kappa shape index (κ3) is 1.39. The van der Waals surface area contributed by atoms with Crippen molar-refractivity contribution in [2.45, 2.75) is 6.42 Å². The lowest BCUT2D eigenvalue weighted by Gasteiger charge is -2.03. The summed E-state index contributed by atoms with van der Waals surface area (Å²) in [5.74, 6) is -1.18. The van der Waals surface area contributed by atoms with Gasteiger partial charge in [0.05, 0.1) is 12.0 Å². The maximum Gasteiger partial charge on any atom is 0.336 e. The van der Waals surface area contributed by atoms with Gasteiger partial charge in [0.25, 0.3) is 0 Å². The predicted molar refractivity (Wildman–Crippen MR) is 53.4 cm³/mol. The molecule has 5 heteroatoms. The van der Waals surface area contributed by atoms with Gasteiger partial charge in [-0.2, -0.15) is 0 Å². The molecule has 0 spiro atoms. The fraction of sp³-hybridized carbons (Fsp3) is 0.111. The average molecular weight is 256 g/mol. The van der Waals surface area contributed by atoms with Gasteiger partial charge in [-0.1, -0.05) is 15.9 Å². The molecule has 1 heterocycles. The first kappa shape index (κ1) is 9.21. The standard InChI is InChI=1S/C9H6BrNO3/c10-4-1-6(9(13)14)5-3-8(12)11-7(5)2-4/h1-2H,3H2,(H,11,12)(H,13,14). The molecule has 0 bridgehead atoms. The molecular weight excluding hydrogens is 250 g/mol. The topological polar surface area (TPSA) is 66.4 Å². The quantitative estimate of drug-likeness (QED) is 0.802. The molecule has 1 aliphatic heterocycles. The fourth-order valence-electron chi connectivity index (χ4n) is 1.48. The maximum absolute atomic E-state index is 11.1. The number of hydrogen-bond donors (Lipinski definition) is 2. The summed E-state index contributed by atoms with van der Waals surface area (Å²) in [6.45, 7) is 0. The van der Waals surface area contributed by atoms with Crippen LogP contribution in [0.4, 0.5) is 5.69 Å². The Hall–Kier alpha value is -1.36. The van der Waals surface area contributed by atoms with E-state index in [1.807, 2.05) is 0 Å². The highest BCUT2D eigenvalue weighted by Gasteiger charge is 2.24. The van der Waals surface area contributed by atoms with Gasteiger partial charge in [0.1, 0.15) is 0 Å². The molecule has 0 atom stereocenters. The number of carbonyl (C=O) groups excluding carboxylic acids is 1. The van der Waals surface area contributed by atoms with Gasteiger partial charge < -0.3 is 10.4 Å². The summed E-state index contributed by atoms with van der Waals surface area (Å²) in [6.07, 6.45) is 0.143. The van der Waals surface area contributed by atoms with E-state index in [4.69, 9.17) is 5.11 Å². The number of aromatic carboxylic acids is 1. The number of anilines is 1. The van der Waals surface area contributed by atoms with Crippen LogP contribution in [0.1, 0.15) is 15.9 Å². The highest BCUT2D eigenvalue weighted by atomic mass is 79.9. The highest BCUT2D eigenvalue weighted by Crippen LogP contribution is 2.30. The van der Waals surface area contributed by atoms with Gasteiger partial charge in [-0.15, -0.1) is 0 Å². The average Bonchev–Trinajstić information content (AvgIpc) is 2.42. The van der Waals surface area contributed by atoms with Crippen molar-refractivity contribution in [1.82, 2.24) is 0 Å². The van der Waals surface area contributed by atoms with Crippen molar-refractivity contribution in [3.05, 3.63) is 27.7 Å². The van der Waals surface area contributed by atoms with Gasteiger partial charge in [-0.05, 0) is 17.7 Å².